The van der Waals surface area contributed by atoms with Gasteiger partial charge in [-0.05, 0) is 60.2 Å². The van der Waals surface area contributed by atoms with Gasteiger partial charge in [0, 0.05) is 5.92 Å². The van der Waals surface area contributed by atoms with Gasteiger partial charge in [0.15, 0.2) is 5.17 Å². The van der Waals surface area contributed by atoms with Gasteiger partial charge in [0.1, 0.15) is 11.6 Å². The zero-order valence-corrected chi connectivity index (χ0v) is 16.5. The fourth-order valence-electron chi connectivity index (χ4n) is 4.67. The highest BCUT2D eigenvalue weighted by atomic mass is 32.2. The molecule has 2 aromatic carbocycles. The van der Waals surface area contributed by atoms with Gasteiger partial charge in [-0.25, -0.2) is 8.78 Å². The molecule has 0 unspecified atom stereocenters. The Balaban J connectivity index is 1.57. The predicted molar refractivity (Wildman–Crippen MR) is 111 cm³/mol. The minimum Gasteiger partial charge on any atom is -0.283 e. The van der Waals surface area contributed by atoms with Crippen LogP contribution < -0.4 is 0 Å². The van der Waals surface area contributed by atoms with Crippen molar-refractivity contribution in [2.24, 2.45) is 10.9 Å². The number of hydrogen-bond acceptors (Lipinski definition) is 3. The molecule has 2 aromatic rings. The molecule has 2 fully saturated rings. The Hall–Kier alpha value is -2.47. The van der Waals surface area contributed by atoms with E-state index in [9.17, 15) is 13.6 Å². The lowest BCUT2D eigenvalue weighted by molar-refractivity contribution is -0.127. The highest BCUT2D eigenvalue weighted by molar-refractivity contribution is 8.15. The monoisotopic (exact) mass is 410 g/mol. The number of carbonyl (C=O) groups excluding carboxylic acids is 1. The van der Waals surface area contributed by atoms with Crippen molar-refractivity contribution in [3.05, 3.63) is 76.9 Å². The first-order chi connectivity index (χ1) is 14.1. The lowest BCUT2D eigenvalue weighted by Gasteiger charge is -2.44. The normalized spacial score (nSPS) is 27.6. The van der Waals surface area contributed by atoms with E-state index in [4.69, 9.17) is 4.99 Å². The SMILES string of the molecule is O=C1CSC2=N[C@@H]3/C(=C\c4ccc(F)cc4)CCC[C@@H]3[C@H](c3ccc(F)cc3)N12. The standard InChI is InChI=1S/C23H20F2N2OS/c24-17-8-4-14(5-9-17)12-16-2-1-3-19-21(16)26-23-27(20(28)13-29-23)22(19)15-6-10-18(25)11-7-15/h4-12,19,21-22H,1-3,13H2/b16-12-/t19-,21+,22-/m0/s1. The average Bonchev–Trinajstić information content (AvgIpc) is 3.10. The zero-order chi connectivity index (χ0) is 20.0. The first-order valence-electron chi connectivity index (χ1n) is 9.84. The van der Waals surface area contributed by atoms with Crippen LogP contribution in [0.3, 0.4) is 0 Å². The van der Waals surface area contributed by atoms with Crippen LogP contribution in [0.1, 0.15) is 36.4 Å². The first-order valence-corrected chi connectivity index (χ1v) is 10.8. The summed E-state index contributed by atoms with van der Waals surface area (Å²) in [6, 6.07) is 12.8. The Kier molecular flexibility index (Phi) is 4.74. The summed E-state index contributed by atoms with van der Waals surface area (Å²) in [6.07, 6.45) is 5.01. The molecular weight excluding hydrogens is 390 g/mol. The first kappa shape index (κ1) is 18.6. The fourth-order valence-corrected chi connectivity index (χ4v) is 5.61. The van der Waals surface area contributed by atoms with Gasteiger partial charge in [0.2, 0.25) is 5.91 Å². The van der Waals surface area contributed by atoms with Crippen LogP contribution >= 0.6 is 11.8 Å². The molecule has 148 valence electrons. The summed E-state index contributed by atoms with van der Waals surface area (Å²) in [5, 5.41) is 0.762. The van der Waals surface area contributed by atoms with E-state index >= 15 is 0 Å². The Labute approximate surface area is 172 Å². The molecule has 1 saturated carbocycles. The van der Waals surface area contributed by atoms with Gasteiger partial charge in [0.25, 0.3) is 0 Å². The summed E-state index contributed by atoms with van der Waals surface area (Å²) in [6.45, 7) is 0. The second-order valence-corrected chi connectivity index (χ2v) is 8.67. The van der Waals surface area contributed by atoms with Crippen LogP contribution in [0.2, 0.25) is 0 Å². The Bertz CT molecular complexity index is 1000. The maximum Gasteiger partial charge on any atom is 0.239 e. The molecule has 0 bridgehead atoms. The highest BCUT2D eigenvalue weighted by Gasteiger charge is 2.47. The van der Waals surface area contributed by atoms with Crippen LogP contribution in [0, 0.1) is 17.6 Å². The molecule has 1 amide bonds. The van der Waals surface area contributed by atoms with E-state index in [0.717, 1.165) is 35.6 Å². The van der Waals surface area contributed by atoms with Crippen molar-refractivity contribution >= 4 is 28.9 Å². The molecule has 5 rings (SSSR count). The van der Waals surface area contributed by atoms with Crippen molar-refractivity contribution in [1.29, 1.82) is 0 Å². The van der Waals surface area contributed by atoms with Gasteiger partial charge in [-0.1, -0.05) is 42.1 Å². The number of nitrogens with zero attached hydrogens (tertiary/aromatic N) is 2. The number of thioether (sulfide) groups is 1. The van der Waals surface area contributed by atoms with E-state index in [0.29, 0.717) is 5.75 Å². The van der Waals surface area contributed by atoms with E-state index in [2.05, 4.69) is 6.08 Å². The second-order valence-electron chi connectivity index (χ2n) is 7.73. The van der Waals surface area contributed by atoms with Gasteiger partial charge in [0.05, 0.1) is 17.8 Å². The van der Waals surface area contributed by atoms with Gasteiger partial charge in [-0.15, -0.1) is 0 Å². The van der Waals surface area contributed by atoms with Crippen LogP contribution in [-0.2, 0) is 4.79 Å². The van der Waals surface area contributed by atoms with Crippen molar-refractivity contribution in [2.45, 2.75) is 31.3 Å². The van der Waals surface area contributed by atoms with Crippen molar-refractivity contribution in [3.63, 3.8) is 0 Å². The quantitative estimate of drug-likeness (QED) is 0.681. The molecule has 2 aliphatic heterocycles. The molecule has 1 saturated heterocycles. The number of rotatable bonds is 2. The third-order valence-corrected chi connectivity index (χ3v) is 6.91. The van der Waals surface area contributed by atoms with Crippen LogP contribution in [0.25, 0.3) is 6.08 Å². The topological polar surface area (TPSA) is 32.7 Å². The molecule has 3 nitrogen and oxygen atoms in total. The van der Waals surface area contributed by atoms with Gasteiger partial charge in [-0.3, -0.25) is 14.7 Å². The summed E-state index contributed by atoms with van der Waals surface area (Å²) in [7, 11) is 0. The Morgan fingerprint density at radius 2 is 1.72 bits per heavy atom. The third-order valence-electron chi connectivity index (χ3n) is 5.95. The molecule has 0 radical (unpaired) electrons. The van der Waals surface area contributed by atoms with Crippen LogP contribution in [0.15, 0.2) is 59.1 Å². The van der Waals surface area contributed by atoms with Crippen LogP contribution in [-0.4, -0.2) is 27.8 Å². The zero-order valence-electron chi connectivity index (χ0n) is 15.7. The molecule has 1 aliphatic carbocycles. The molecule has 0 aromatic heterocycles. The summed E-state index contributed by atoms with van der Waals surface area (Å²) >= 11 is 1.48. The highest BCUT2D eigenvalue weighted by Crippen LogP contribution is 2.48. The van der Waals surface area contributed by atoms with Crippen molar-refractivity contribution < 1.29 is 13.6 Å². The van der Waals surface area contributed by atoms with E-state index < -0.39 is 0 Å². The third kappa shape index (κ3) is 3.39. The van der Waals surface area contributed by atoms with E-state index in [1.807, 2.05) is 4.90 Å². The Morgan fingerprint density at radius 3 is 2.45 bits per heavy atom. The van der Waals surface area contributed by atoms with Crippen LogP contribution in [0.4, 0.5) is 8.78 Å². The van der Waals surface area contributed by atoms with Crippen molar-refractivity contribution in [2.75, 3.05) is 5.75 Å². The number of benzene rings is 2. The van der Waals surface area contributed by atoms with Gasteiger partial charge in [-0.2, -0.15) is 0 Å². The summed E-state index contributed by atoms with van der Waals surface area (Å²) in [5.41, 5.74) is 3.12. The van der Waals surface area contributed by atoms with E-state index in [1.165, 1.54) is 41.6 Å². The summed E-state index contributed by atoms with van der Waals surface area (Å²) in [5.74, 6) is 0.0769. The van der Waals surface area contributed by atoms with E-state index in [-0.39, 0.29) is 35.5 Å². The molecule has 0 spiro atoms. The minimum absolute atomic E-state index is 0.0199. The van der Waals surface area contributed by atoms with Gasteiger partial charge < -0.3 is 0 Å². The van der Waals surface area contributed by atoms with E-state index in [1.54, 1.807) is 24.3 Å². The molecule has 3 aliphatic rings. The number of amides is 1. The molecular formula is C23H20F2N2OS. The average molecular weight is 410 g/mol. The largest absolute Gasteiger partial charge is 0.283 e. The molecule has 29 heavy (non-hydrogen) atoms. The molecule has 3 atom stereocenters. The van der Waals surface area contributed by atoms with Crippen LogP contribution in [0.5, 0.6) is 0 Å². The predicted octanol–water partition coefficient (Wildman–Crippen LogP) is 5.20. The molecule has 0 N–H and O–H groups in total. The summed E-state index contributed by atoms with van der Waals surface area (Å²) < 4.78 is 26.8. The summed E-state index contributed by atoms with van der Waals surface area (Å²) in [4.78, 5) is 19.4. The number of aliphatic imine (C=N–C) groups is 1. The fraction of sp³-hybridized carbons (Fsp3) is 0.304. The number of hydrogen-bond donors (Lipinski definition) is 0. The molecule has 6 heteroatoms. The molecule has 2 heterocycles. The smallest absolute Gasteiger partial charge is 0.239 e. The number of amidine groups is 1. The number of carbonyl (C=O) groups is 1. The minimum atomic E-state index is -0.280. The maximum absolute atomic E-state index is 13.5. The van der Waals surface area contributed by atoms with Crippen molar-refractivity contribution in [1.82, 2.24) is 4.90 Å². The number of halogens is 2. The van der Waals surface area contributed by atoms with Crippen molar-refractivity contribution in [3.8, 4) is 0 Å². The lowest BCUT2D eigenvalue weighted by atomic mass is 9.73. The second kappa shape index (κ2) is 7.41. The number of fused-ring (bicyclic) bond motifs is 2. The van der Waals surface area contributed by atoms with Gasteiger partial charge >= 0.3 is 0 Å². The Morgan fingerprint density at radius 1 is 1.03 bits per heavy atom. The lowest BCUT2D eigenvalue weighted by Crippen LogP contribution is -2.47. The maximum atomic E-state index is 13.5.